The fraction of sp³-hybridized carbons (Fsp3) is 0.312. The third-order valence-electron chi connectivity index (χ3n) is 4.64. The predicted octanol–water partition coefficient (Wildman–Crippen LogP) is 2.02. The molecule has 1 fully saturated rings. The lowest BCUT2D eigenvalue weighted by Gasteiger charge is -2.15. The van der Waals surface area contributed by atoms with E-state index in [1.165, 1.54) is 10.5 Å². The van der Waals surface area contributed by atoms with E-state index in [4.69, 9.17) is 0 Å². The molecule has 2 atom stereocenters. The second-order valence-corrected chi connectivity index (χ2v) is 8.67. The highest BCUT2D eigenvalue weighted by molar-refractivity contribution is 7.89. The lowest BCUT2D eigenvalue weighted by atomic mass is 9.92. The first-order chi connectivity index (χ1) is 11.6. The molecule has 0 spiro atoms. The van der Waals surface area contributed by atoms with Gasteiger partial charge in [0.1, 0.15) is 10.5 Å². The summed E-state index contributed by atoms with van der Waals surface area (Å²) in [6, 6.07) is 5.48. The van der Waals surface area contributed by atoms with Gasteiger partial charge >= 0.3 is 0 Å². The second kappa shape index (κ2) is 5.96. The van der Waals surface area contributed by atoms with Crippen molar-refractivity contribution in [3.05, 3.63) is 46.9 Å². The van der Waals surface area contributed by atoms with E-state index in [1.54, 1.807) is 29.7 Å². The van der Waals surface area contributed by atoms with Gasteiger partial charge in [0.05, 0.1) is 0 Å². The summed E-state index contributed by atoms with van der Waals surface area (Å²) in [7, 11) is -3.63. The molecule has 3 aromatic heterocycles. The molecule has 0 bridgehead atoms. The van der Waals surface area contributed by atoms with Gasteiger partial charge in [0.2, 0.25) is 10.0 Å². The molecule has 3 aromatic rings. The Morgan fingerprint density at radius 2 is 2.25 bits per heavy atom. The number of aliphatic hydroxyl groups is 1. The van der Waals surface area contributed by atoms with Crippen molar-refractivity contribution in [3.8, 4) is 0 Å². The molecule has 0 radical (unpaired) electrons. The molecule has 126 valence electrons. The number of thiophene rings is 1. The summed E-state index contributed by atoms with van der Waals surface area (Å²) in [6.45, 7) is 0.686. The van der Waals surface area contributed by atoms with E-state index in [-0.39, 0.29) is 23.3 Å². The molecular weight excluding hydrogens is 346 g/mol. The van der Waals surface area contributed by atoms with Crippen LogP contribution < -0.4 is 0 Å². The van der Waals surface area contributed by atoms with Crippen molar-refractivity contribution in [2.75, 3.05) is 19.7 Å². The van der Waals surface area contributed by atoms with Crippen LogP contribution in [0.25, 0.3) is 11.0 Å². The van der Waals surface area contributed by atoms with E-state index < -0.39 is 10.0 Å². The van der Waals surface area contributed by atoms with Gasteiger partial charge in [-0.1, -0.05) is 0 Å². The number of pyridine rings is 1. The van der Waals surface area contributed by atoms with Crippen LogP contribution in [0.3, 0.4) is 0 Å². The molecule has 24 heavy (non-hydrogen) atoms. The van der Waals surface area contributed by atoms with Gasteiger partial charge in [-0.05, 0) is 34.5 Å². The second-order valence-electron chi connectivity index (χ2n) is 5.98. The van der Waals surface area contributed by atoms with Crippen molar-refractivity contribution >= 4 is 32.4 Å². The van der Waals surface area contributed by atoms with Crippen LogP contribution in [0.5, 0.6) is 0 Å². The zero-order valence-electron chi connectivity index (χ0n) is 12.8. The smallest absolute Gasteiger partial charge is 0.245 e. The molecule has 2 N–H and O–H groups in total. The Kier molecular flexibility index (Phi) is 3.92. The maximum Gasteiger partial charge on any atom is 0.245 e. The first-order valence-corrected chi connectivity index (χ1v) is 10.0. The Morgan fingerprint density at radius 1 is 1.38 bits per heavy atom. The van der Waals surface area contributed by atoms with Crippen LogP contribution in [-0.2, 0) is 10.0 Å². The molecule has 0 amide bonds. The summed E-state index contributed by atoms with van der Waals surface area (Å²) in [4.78, 5) is 7.31. The molecule has 1 saturated heterocycles. The number of hydrogen-bond acceptors (Lipinski definition) is 5. The lowest BCUT2D eigenvalue weighted by Crippen LogP contribution is -2.29. The largest absolute Gasteiger partial charge is 0.396 e. The predicted molar refractivity (Wildman–Crippen MR) is 92.5 cm³/mol. The standard InChI is InChI=1S/C16H17N3O3S2/c20-9-12-7-19(8-14(12)11-3-5-23-10-11)24(21,22)15-6-18-16-13(15)2-1-4-17-16/h1-6,10,12,14,20H,7-9H2,(H,17,18). The Morgan fingerprint density at radius 3 is 3.00 bits per heavy atom. The number of H-pyrrole nitrogens is 1. The van der Waals surface area contributed by atoms with Gasteiger partial charge in [-0.15, -0.1) is 0 Å². The molecule has 8 heteroatoms. The minimum Gasteiger partial charge on any atom is -0.396 e. The molecule has 4 heterocycles. The topological polar surface area (TPSA) is 86.3 Å². The summed E-state index contributed by atoms with van der Waals surface area (Å²) in [5.41, 5.74) is 1.65. The highest BCUT2D eigenvalue weighted by atomic mass is 32.2. The van der Waals surface area contributed by atoms with E-state index in [0.717, 1.165) is 5.56 Å². The highest BCUT2D eigenvalue weighted by Gasteiger charge is 2.40. The Bertz CT molecular complexity index is 950. The third-order valence-corrected chi connectivity index (χ3v) is 7.22. The van der Waals surface area contributed by atoms with Crippen LogP contribution in [0.1, 0.15) is 11.5 Å². The fourth-order valence-electron chi connectivity index (χ4n) is 3.36. The summed E-state index contributed by atoms with van der Waals surface area (Å²) >= 11 is 1.58. The number of nitrogens with zero attached hydrogens (tertiary/aromatic N) is 2. The van der Waals surface area contributed by atoms with Crippen LogP contribution >= 0.6 is 11.3 Å². The van der Waals surface area contributed by atoms with Crippen molar-refractivity contribution in [2.24, 2.45) is 5.92 Å². The van der Waals surface area contributed by atoms with Crippen LogP contribution in [0, 0.1) is 5.92 Å². The Labute approximate surface area is 143 Å². The number of nitrogens with one attached hydrogen (secondary N) is 1. The molecule has 0 aliphatic carbocycles. The zero-order valence-corrected chi connectivity index (χ0v) is 14.4. The van der Waals surface area contributed by atoms with E-state index >= 15 is 0 Å². The minimum atomic E-state index is -3.63. The first-order valence-electron chi connectivity index (χ1n) is 7.66. The Balaban J connectivity index is 1.70. The number of aromatic amines is 1. The van der Waals surface area contributed by atoms with Gasteiger partial charge in [-0.2, -0.15) is 15.6 Å². The van der Waals surface area contributed by atoms with E-state index in [1.807, 2.05) is 16.8 Å². The van der Waals surface area contributed by atoms with Gasteiger partial charge in [0.25, 0.3) is 0 Å². The summed E-state index contributed by atoms with van der Waals surface area (Å²) in [5.74, 6) is -0.0583. The number of aromatic nitrogens is 2. The van der Waals surface area contributed by atoms with Gasteiger partial charge in [-0.25, -0.2) is 13.4 Å². The van der Waals surface area contributed by atoms with Crippen molar-refractivity contribution in [1.29, 1.82) is 0 Å². The molecule has 6 nitrogen and oxygen atoms in total. The number of rotatable bonds is 4. The van der Waals surface area contributed by atoms with Crippen molar-refractivity contribution in [2.45, 2.75) is 10.8 Å². The monoisotopic (exact) mass is 363 g/mol. The van der Waals surface area contributed by atoms with E-state index in [9.17, 15) is 13.5 Å². The molecule has 4 rings (SSSR count). The van der Waals surface area contributed by atoms with Gasteiger partial charge < -0.3 is 10.1 Å². The summed E-state index contributed by atoms with van der Waals surface area (Å²) < 4.78 is 27.6. The van der Waals surface area contributed by atoms with Crippen molar-refractivity contribution in [3.63, 3.8) is 0 Å². The van der Waals surface area contributed by atoms with Gasteiger partial charge in [0.15, 0.2) is 0 Å². The normalized spacial score (nSPS) is 22.4. The van der Waals surface area contributed by atoms with Crippen molar-refractivity contribution in [1.82, 2.24) is 14.3 Å². The molecule has 0 aromatic carbocycles. The average Bonchev–Trinajstić information content (AvgIpc) is 3.31. The average molecular weight is 363 g/mol. The number of hydrogen-bond donors (Lipinski definition) is 2. The zero-order chi connectivity index (χ0) is 16.7. The minimum absolute atomic E-state index is 0.0258. The number of sulfonamides is 1. The van der Waals surface area contributed by atoms with Crippen molar-refractivity contribution < 1.29 is 13.5 Å². The molecule has 2 unspecified atom stereocenters. The molecule has 1 aliphatic rings. The fourth-order valence-corrected chi connectivity index (χ4v) is 5.76. The maximum absolute atomic E-state index is 13.1. The first kappa shape index (κ1) is 15.8. The maximum atomic E-state index is 13.1. The van der Waals surface area contributed by atoms with Gasteiger partial charge in [0, 0.05) is 49.3 Å². The summed E-state index contributed by atoms with van der Waals surface area (Å²) in [6.07, 6.45) is 3.12. The summed E-state index contributed by atoms with van der Waals surface area (Å²) in [5, 5.41) is 14.3. The van der Waals surface area contributed by atoms with E-state index in [2.05, 4.69) is 9.97 Å². The van der Waals surface area contributed by atoms with Crippen LogP contribution in [0.4, 0.5) is 0 Å². The van der Waals surface area contributed by atoms with Crippen LogP contribution in [0.2, 0.25) is 0 Å². The molecule has 0 saturated carbocycles. The number of fused-ring (bicyclic) bond motifs is 1. The highest BCUT2D eigenvalue weighted by Crippen LogP contribution is 2.37. The number of aliphatic hydroxyl groups excluding tert-OH is 1. The van der Waals surface area contributed by atoms with E-state index in [0.29, 0.717) is 24.1 Å². The quantitative estimate of drug-likeness (QED) is 0.742. The van der Waals surface area contributed by atoms with Gasteiger partial charge in [-0.3, -0.25) is 0 Å². The molecular formula is C16H17N3O3S2. The Hall–Kier alpha value is -1.74. The SMILES string of the molecule is O=S(=O)(c1c[nH]c2ncccc12)N1CC(CO)C(c2ccsc2)C1. The lowest BCUT2D eigenvalue weighted by molar-refractivity contribution is 0.223. The molecule has 1 aliphatic heterocycles. The van der Waals surface area contributed by atoms with Crippen LogP contribution in [-0.4, -0.2) is 47.5 Å². The van der Waals surface area contributed by atoms with Crippen LogP contribution in [0.15, 0.2) is 46.2 Å². The third kappa shape index (κ3) is 2.46.